The van der Waals surface area contributed by atoms with Crippen LogP contribution < -0.4 is 5.56 Å². The molecule has 0 bridgehead atoms. The summed E-state index contributed by atoms with van der Waals surface area (Å²) in [6.45, 7) is 3.88. The van der Waals surface area contributed by atoms with Crippen molar-refractivity contribution in [2.24, 2.45) is 0 Å². The van der Waals surface area contributed by atoms with Crippen LogP contribution in [0.25, 0.3) is 0 Å². The van der Waals surface area contributed by atoms with Gasteiger partial charge in [0.25, 0.3) is 5.56 Å². The van der Waals surface area contributed by atoms with Crippen molar-refractivity contribution in [2.45, 2.75) is 41.9 Å². The maximum absolute atomic E-state index is 12.8. The number of nitrogens with zero attached hydrogens (tertiary/aromatic N) is 2. The molecule has 1 aromatic carbocycles. The fourth-order valence-electron chi connectivity index (χ4n) is 3.48. The van der Waals surface area contributed by atoms with Crippen LogP contribution in [0.2, 0.25) is 5.02 Å². The van der Waals surface area contributed by atoms with E-state index in [1.165, 1.54) is 6.20 Å². The number of halogens is 3. The summed E-state index contributed by atoms with van der Waals surface area (Å²) in [5.74, 6) is 0.00907. The number of carbonyl (C=O) groups is 1. The third kappa shape index (κ3) is 4.00. The summed E-state index contributed by atoms with van der Waals surface area (Å²) in [5.41, 5.74) is 0.711. The largest absolute Gasteiger partial charge is 0.462 e. The van der Waals surface area contributed by atoms with E-state index in [1.54, 1.807) is 11.5 Å². The lowest BCUT2D eigenvalue weighted by Gasteiger charge is -2.40. The molecule has 27 heavy (non-hydrogen) atoms. The molecule has 0 saturated heterocycles. The van der Waals surface area contributed by atoms with Crippen LogP contribution in [-0.2, 0) is 11.2 Å². The van der Waals surface area contributed by atoms with Gasteiger partial charge in [-0.1, -0.05) is 55.6 Å². The predicted molar refractivity (Wildman–Crippen MR) is 112 cm³/mol. The molecule has 0 spiro atoms. The van der Waals surface area contributed by atoms with E-state index in [-0.39, 0.29) is 32.9 Å². The van der Waals surface area contributed by atoms with Crippen LogP contribution in [0.5, 0.6) is 0 Å². The minimum atomic E-state index is -0.632. The second kappa shape index (κ2) is 8.05. The van der Waals surface area contributed by atoms with Gasteiger partial charge >= 0.3 is 5.97 Å². The first-order chi connectivity index (χ1) is 12.8. The third-order valence-electron chi connectivity index (χ3n) is 4.71. The van der Waals surface area contributed by atoms with Crippen LogP contribution in [0.4, 0.5) is 0 Å². The number of alkyl halides is 2. The lowest BCUT2D eigenvalue weighted by Crippen LogP contribution is -2.44. The van der Waals surface area contributed by atoms with Crippen molar-refractivity contribution >= 4 is 49.4 Å². The van der Waals surface area contributed by atoms with Crippen LogP contribution in [-0.4, -0.2) is 26.5 Å². The first-order valence-electron chi connectivity index (χ1n) is 8.63. The normalized spacial score (nSPS) is 22.8. The molecular weight excluding hydrogens is 499 g/mol. The highest BCUT2D eigenvalue weighted by atomic mass is 79.9. The summed E-state index contributed by atoms with van der Waals surface area (Å²) in [5, 5.41) is 0.684. The molecule has 2 heterocycles. The number of esters is 1. The third-order valence-corrected chi connectivity index (χ3v) is 8.04. The number of aromatic nitrogens is 2. The first kappa shape index (κ1) is 20.6. The van der Waals surface area contributed by atoms with Crippen molar-refractivity contribution in [1.82, 2.24) is 9.55 Å². The minimum Gasteiger partial charge on any atom is -0.462 e. The molecule has 0 amide bonds. The molecule has 2 aromatic rings. The van der Waals surface area contributed by atoms with E-state index in [0.29, 0.717) is 23.7 Å². The van der Waals surface area contributed by atoms with E-state index in [1.807, 2.05) is 31.2 Å². The minimum absolute atomic E-state index is 0.0000944. The molecular formula is C19H19Br2ClN2O3. The molecule has 3 rings (SSSR count). The molecule has 1 unspecified atom stereocenters. The van der Waals surface area contributed by atoms with E-state index in [9.17, 15) is 9.59 Å². The molecule has 5 nitrogen and oxygen atoms in total. The topological polar surface area (TPSA) is 61.2 Å². The summed E-state index contributed by atoms with van der Waals surface area (Å²) < 4.78 is 6.24. The Hall–Kier alpha value is -1.18. The van der Waals surface area contributed by atoms with Gasteiger partial charge < -0.3 is 4.74 Å². The molecule has 1 aliphatic heterocycles. The Balaban J connectivity index is 1.96. The van der Waals surface area contributed by atoms with Gasteiger partial charge in [0.1, 0.15) is 11.4 Å². The van der Waals surface area contributed by atoms with Gasteiger partial charge in [0.05, 0.1) is 15.8 Å². The van der Waals surface area contributed by atoms with Gasteiger partial charge in [-0.25, -0.2) is 9.78 Å². The van der Waals surface area contributed by atoms with E-state index >= 15 is 0 Å². The molecule has 0 radical (unpaired) electrons. The van der Waals surface area contributed by atoms with Crippen LogP contribution in [0.15, 0.2) is 35.3 Å². The number of benzene rings is 1. The monoisotopic (exact) mass is 516 g/mol. The molecule has 0 aliphatic carbocycles. The van der Waals surface area contributed by atoms with Crippen molar-refractivity contribution in [3.05, 3.63) is 62.8 Å². The summed E-state index contributed by atoms with van der Waals surface area (Å²) in [7, 11) is 0. The van der Waals surface area contributed by atoms with Crippen molar-refractivity contribution in [3.63, 3.8) is 0 Å². The lowest BCUT2D eigenvalue weighted by atomic mass is 9.86. The van der Waals surface area contributed by atoms with Crippen molar-refractivity contribution < 1.29 is 9.53 Å². The van der Waals surface area contributed by atoms with E-state index < -0.39 is 5.97 Å². The Bertz CT molecular complexity index is 916. The zero-order valence-electron chi connectivity index (χ0n) is 14.9. The Morgan fingerprint density at radius 1 is 1.44 bits per heavy atom. The van der Waals surface area contributed by atoms with Crippen molar-refractivity contribution in [2.75, 3.05) is 6.61 Å². The van der Waals surface area contributed by atoms with Crippen LogP contribution in [0, 0.1) is 0 Å². The molecule has 8 heteroatoms. The van der Waals surface area contributed by atoms with Crippen molar-refractivity contribution in [3.8, 4) is 0 Å². The zero-order chi connectivity index (χ0) is 19.8. The number of carbonyl (C=O) groups excluding carboxylic acids is 1. The molecule has 0 N–H and O–H groups in total. The Labute approximate surface area is 179 Å². The number of hydrogen-bond donors (Lipinski definition) is 0. The maximum atomic E-state index is 12.8. The van der Waals surface area contributed by atoms with Crippen LogP contribution >= 0.6 is 43.5 Å². The molecule has 1 aromatic heterocycles. The fraction of sp³-hybridized carbons (Fsp3) is 0.421. The van der Waals surface area contributed by atoms with Gasteiger partial charge in [-0.05, 0) is 38.0 Å². The summed E-state index contributed by atoms with van der Waals surface area (Å²) in [6.07, 6.45) is 2.55. The summed E-state index contributed by atoms with van der Waals surface area (Å²) >= 11 is 13.7. The van der Waals surface area contributed by atoms with Crippen LogP contribution in [0.3, 0.4) is 0 Å². The smallest absolute Gasteiger partial charge is 0.345 e. The zero-order valence-corrected chi connectivity index (χ0v) is 18.8. The molecule has 0 fully saturated rings. The van der Waals surface area contributed by atoms with E-state index in [4.69, 9.17) is 16.3 Å². The molecule has 144 valence electrons. The number of rotatable bonds is 4. The molecule has 0 saturated carbocycles. The van der Waals surface area contributed by atoms with Crippen molar-refractivity contribution in [1.29, 1.82) is 0 Å². The lowest BCUT2D eigenvalue weighted by molar-refractivity contribution is 0.0522. The predicted octanol–water partition coefficient (Wildman–Crippen LogP) is 4.85. The van der Waals surface area contributed by atoms with Gasteiger partial charge in [0, 0.05) is 23.7 Å². The second-order valence-corrected chi connectivity index (χ2v) is 9.59. The SMILES string of the molecule is CCOC(=O)c1cnc2n(c1=O)C(C)C[C@](Br)([C@H](Br)c1ccc(Cl)cc1)C2. The Morgan fingerprint density at radius 2 is 2.11 bits per heavy atom. The van der Waals surface area contributed by atoms with Gasteiger partial charge in [0.2, 0.25) is 0 Å². The average molecular weight is 519 g/mol. The Morgan fingerprint density at radius 3 is 2.74 bits per heavy atom. The van der Waals surface area contributed by atoms with Crippen LogP contribution in [0.1, 0.15) is 52.9 Å². The number of hydrogen-bond acceptors (Lipinski definition) is 4. The molecule has 3 atom stereocenters. The van der Waals surface area contributed by atoms with Gasteiger partial charge in [0.15, 0.2) is 0 Å². The summed E-state index contributed by atoms with van der Waals surface area (Å²) in [4.78, 5) is 29.2. The maximum Gasteiger partial charge on any atom is 0.345 e. The number of ether oxygens (including phenoxy) is 1. The van der Waals surface area contributed by atoms with E-state index in [0.717, 1.165) is 5.56 Å². The van der Waals surface area contributed by atoms with E-state index in [2.05, 4.69) is 36.8 Å². The highest BCUT2D eigenvalue weighted by Gasteiger charge is 2.43. The standard InChI is InChI=1S/C19H19Br2ClN2O3/c1-3-27-18(26)14-10-23-15-9-19(21,8-11(2)24(15)17(14)25)16(20)12-4-6-13(22)7-5-12/h4-7,10-11,16H,3,8-9H2,1-2H3/t11?,16-,19-/m1/s1. The number of fused-ring (bicyclic) bond motifs is 1. The quantitative estimate of drug-likeness (QED) is 0.429. The summed E-state index contributed by atoms with van der Waals surface area (Å²) in [6, 6.07) is 7.55. The Kier molecular flexibility index (Phi) is 6.13. The highest BCUT2D eigenvalue weighted by molar-refractivity contribution is 9.12. The van der Waals surface area contributed by atoms with Gasteiger partial charge in [-0.3, -0.25) is 9.36 Å². The average Bonchev–Trinajstić information content (AvgIpc) is 2.61. The van der Waals surface area contributed by atoms with Gasteiger partial charge in [-0.2, -0.15) is 0 Å². The highest BCUT2D eigenvalue weighted by Crippen LogP contribution is 2.49. The van der Waals surface area contributed by atoms with Gasteiger partial charge in [-0.15, -0.1) is 0 Å². The molecule has 1 aliphatic rings. The first-order valence-corrected chi connectivity index (χ1v) is 10.7. The fourth-order valence-corrected chi connectivity index (χ4v) is 5.24. The second-order valence-electron chi connectivity index (χ2n) is 6.66.